The number of piperazine rings is 1. The molecule has 1 aromatic heterocycles. The highest BCUT2D eigenvalue weighted by atomic mass is 16.3. The number of aliphatic hydroxyl groups is 1. The molecule has 5 N–H and O–H groups in total. The third-order valence-corrected chi connectivity index (χ3v) is 7.89. The fourth-order valence-corrected chi connectivity index (χ4v) is 5.75. The number of rotatable bonds is 13. The molecule has 12 nitrogen and oxygen atoms in total. The minimum absolute atomic E-state index is 0.0430. The minimum atomic E-state index is -0.947. The summed E-state index contributed by atoms with van der Waals surface area (Å²) in [5.41, 5.74) is 3.28. The van der Waals surface area contributed by atoms with Crippen molar-refractivity contribution in [3.63, 3.8) is 0 Å². The average molecular weight is 626 g/mol. The Hall–Kier alpha value is -5.20. The van der Waals surface area contributed by atoms with Crippen LogP contribution in [-0.4, -0.2) is 86.1 Å². The molecule has 2 atom stereocenters. The lowest BCUT2D eigenvalue weighted by molar-refractivity contribution is -0.156. The Kier molecular flexibility index (Phi) is 10.6. The summed E-state index contributed by atoms with van der Waals surface area (Å²) in [4.78, 5) is 44.5. The number of phenols is 1. The summed E-state index contributed by atoms with van der Waals surface area (Å²) in [5.74, 6) is -0.544. The van der Waals surface area contributed by atoms with Gasteiger partial charge in [0, 0.05) is 31.4 Å². The Balaban J connectivity index is 1.48. The van der Waals surface area contributed by atoms with Crippen molar-refractivity contribution in [2.45, 2.75) is 38.3 Å². The maximum absolute atomic E-state index is 14.3. The Morgan fingerprint density at radius 1 is 1.02 bits per heavy atom. The van der Waals surface area contributed by atoms with E-state index in [4.69, 9.17) is 0 Å². The van der Waals surface area contributed by atoms with Gasteiger partial charge in [-0.1, -0.05) is 66.7 Å². The van der Waals surface area contributed by atoms with E-state index in [1.54, 1.807) is 34.0 Å². The number of benzene rings is 3. The zero-order chi connectivity index (χ0) is 32.5. The van der Waals surface area contributed by atoms with Crippen LogP contribution in [0.25, 0.3) is 10.9 Å². The summed E-state index contributed by atoms with van der Waals surface area (Å²) in [6.45, 7) is 4.74. The van der Waals surface area contributed by atoms with Crippen LogP contribution in [0.4, 0.5) is 4.79 Å². The molecule has 240 valence electrons. The monoisotopic (exact) mass is 625 g/mol. The van der Waals surface area contributed by atoms with Crippen molar-refractivity contribution in [2.24, 2.45) is 0 Å². The van der Waals surface area contributed by atoms with Crippen molar-refractivity contribution in [2.75, 3.05) is 26.2 Å². The summed E-state index contributed by atoms with van der Waals surface area (Å²) in [7, 11) is 0. The van der Waals surface area contributed by atoms with Gasteiger partial charge < -0.3 is 36.0 Å². The molecule has 4 aromatic rings. The number of nitrogens with one attached hydrogen (secondary N) is 3. The van der Waals surface area contributed by atoms with Gasteiger partial charge in [-0.3, -0.25) is 14.3 Å². The van der Waals surface area contributed by atoms with E-state index in [1.807, 2.05) is 48.5 Å². The molecular weight excluding hydrogens is 586 g/mol. The lowest BCUT2D eigenvalue weighted by Crippen LogP contribution is -2.69. The molecule has 4 amide bonds. The van der Waals surface area contributed by atoms with Crippen LogP contribution in [0.1, 0.15) is 16.7 Å². The molecular formula is C34H39N7O5. The van der Waals surface area contributed by atoms with Gasteiger partial charge in [0.2, 0.25) is 11.8 Å². The van der Waals surface area contributed by atoms with E-state index in [2.05, 4.69) is 27.6 Å². The van der Waals surface area contributed by atoms with Gasteiger partial charge in [0.25, 0.3) is 0 Å². The van der Waals surface area contributed by atoms with Crippen molar-refractivity contribution in [1.82, 2.24) is 35.5 Å². The highest BCUT2D eigenvalue weighted by Gasteiger charge is 2.43. The molecule has 0 unspecified atom stereocenters. The molecule has 0 saturated carbocycles. The van der Waals surface area contributed by atoms with Gasteiger partial charge in [0.1, 0.15) is 18.0 Å². The number of aliphatic hydroxyl groups excluding tert-OH is 1. The number of carbonyl (C=O) groups is 3. The SMILES string of the molecule is C=CCNCC(=O)N1[C@@H](NC(=O)NCc2ccccc2)CN(Cc2cccc3cnn(CCO)c23)C(=O)[C@@H]1Cc1ccc(O)cc1. The second-order valence-electron chi connectivity index (χ2n) is 11.1. The molecule has 0 aliphatic carbocycles. The van der Waals surface area contributed by atoms with Gasteiger partial charge >= 0.3 is 6.03 Å². The van der Waals surface area contributed by atoms with Crippen LogP contribution in [0, 0.1) is 0 Å². The molecule has 0 spiro atoms. The van der Waals surface area contributed by atoms with Gasteiger partial charge in [-0.15, -0.1) is 6.58 Å². The van der Waals surface area contributed by atoms with E-state index in [0.717, 1.165) is 27.6 Å². The van der Waals surface area contributed by atoms with E-state index in [1.165, 1.54) is 17.0 Å². The average Bonchev–Trinajstić information content (AvgIpc) is 3.47. The van der Waals surface area contributed by atoms with Crippen molar-refractivity contribution in [3.8, 4) is 5.75 Å². The molecule has 12 heteroatoms. The van der Waals surface area contributed by atoms with Gasteiger partial charge in [-0.25, -0.2) is 4.79 Å². The Morgan fingerprint density at radius 3 is 2.54 bits per heavy atom. The molecule has 3 aromatic carbocycles. The van der Waals surface area contributed by atoms with Crippen LogP contribution in [0.5, 0.6) is 5.75 Å². The van der Waals surface area contributed by atoms with E-state index < -0.39 is 18.2 Å². The second kappa shape index (κ2) is 15.2. The van der Waals surface area contributed by atoms with Crippen LogP contribution < -0.4 is 16.0 Å². The number of phenolic OH excluding ortho intramolecular Hbond substituents is 1. The number of urea groups is 1. The molecule has 0 bridgehead atoms. The van der Waals surface area contributed by atoms with Crippen molar-refractivity contribution in [3.05, 3.63) is 108 Å². The van der Waals surface area contributed by atoms with Crippen molar-refractivity contribution in [1.29, 1.82) is 0 Å². The molecule has 1 aliphatic rings. The van der Waals surface area contributed by atoms with Gasteiger partial charge in [0.05, 0.1) is 38.0 Å². The van der Waals surface area contributed by atoms with Crippen LogP contribution in [0.2, 0.25) is 0 Å². The number of nitrogens with zero attached hydrogens (tertiary/aromatic N) is 4. The number of hydrogen-bond donors (Lipinski definition) is 5. The van der Waals surface area contributed by atoms with E-state index in [-0.39, 0.29) is 56.8 Å². The van der Waals surface area contributed by atoms with Crippen LogP contribution in [-0.2, 0) is 35.6 Å². The summed E-state index contributed by atoms with van der Waals surface area (Å²) in [6.07, 6.45) is 2.67. The lowest BCUT2D eigenvalue weighted by atomic mass is 9.98. The molecule has 2 heterocycles. The zero-order valence-corrected chi connectivity index (χ0v) is 25.5. The molecule has 0 radical (unpaired) electrons. The maximum Gasteiger partial charge on any atom is 0.316 e. The number of carbonyl (C=O) groups excluding carboxylic acids is 3. The smallest absolute Gasteiger partial charge is 0.316 e. The molecule has 1 saturated heterocycles. The predicted molar refractivity (Wildman–Crippen MR) is 173 cm³/mol. The van der Waals surface area contributed by atoms with Gasteiger partial charge in [-0.2, -0.15) is 5.10 Å². The topological polar surface area (TPSA) is 152 Å². The number of aromatic hydroxyl groups is 1. The first-order valence-electron chi connectivity index (χ1n) is 15.2. The number of fused-ring (bicyclic) bond motifs is 1. The highest BCUT2D eigenvalue weighted by molar-refractivity contribution is 5.91. The van der Waals surface area contributed by atoms with E-state index >= 15 is 0 Å². The standard InChI is InChI=1S/C34H39N7O5/c1-2-15-35-21-31(44)41-29(18-24-11-13-28(43)14-12-24)33(45)39(22-27-10-6-9-26-20-37-40(16-17-42)32(26)27)23-30(41)38-34(46)36-19-25-7-4-3-5-8-25/h2-14,20,29-30,35,42-43H,1,15-19,21-23H2,(H2,36,38,46)/t29-,30+/m0/s1. The lowest BCUT2D eigenvalue weighted by Gasteiger charge is -2.46. The number of aromatic nitrogens is 2. The van der Waals surface area contributed by atoms with E-state index in [0.29, 0.717) is 13.1 Å². The molecule has 1 aliphatic heterocycles. The van der Waals surface area contributed by atoms with Crippen molar-refractivity contribution < 1.29 is 24.6 Å². The fourth-order valence-electron chi connectivity index (χ4n) is 5.75. The van der Waals surface area contributed by atoms with Crippen molar-refractivity contribution >= 4 is 28.7 Å². The summed E-state index contributed by atoms with van der Waals surface area (Å²) >= 11 is 0. The second-order valence-corrected chi connectivity index (χ2v) is 11.1. The number of amides is 4. The first-order chi connectivity index (χ1) is 22.4. The Labute approximate surface area is 267 Å². The predicted octanol–water partition coefficient (Wildman–Crippen LogP) is 2.12. The van der Waals surface area contributed by atoms with Crippen LogP contribution >= 0.6 is 0 Å². The number of hydrogen-bond acceptors (Lipinski definition) is 7. The normalized spacial score (nSPS) is 16.4. The summed E-state index contributed by atoms with van der Waals surface area (Å²) in [5, 5.41) is 33.6. The fraction of sp³-hybridized carbons (Fsp3) is 0.294. The summed E-state index contributed by atoms with van der Waals surface area (Å²) in [6, 6.07) is 20.3. The third kappa shape index (κ3) is 7.71. The Bertz CT molecular complexity index is 1660. The number of para-hydroxylation sites is 1. The first-order valence-corrected chi connectivity index (χ1v) is 15.2. The van der Waals surface area contributed by atoms with E-state index in [9.17, 15) is 24.6 Å². The first kappa shape index (κ1) is 32.2. The van der Waals surface area contributed by atoms with Crippen LogP contribution in [0.15, 0.2) is 91.6 Å². The molecule has 1 fully saturated rings. The molecule has 5 rings (SSSR count). The zero-order valence-electron chi connectivity index (χ0n) is 25.5. The van der Waals surface area contributed by atoms with Gasteiger partial charge in [0.15, 0.2) is 0 Å². The van der Waals surface area contributed by atoms with Gasteiger partial charge in [-0.05, 0) is 28.8 Å². The van der Waals surface area contributed by atoms with Crippen LogP contribution in [0.3, 0.4) is 0 Å². The largest absolute Gasteiger partial charge is 0.508 e. The third-order valence-electron chi connectivity index (χ3n) is 7.89. The summed E-state index contributed by atoms with van der Waals surface area (Å²) < 4.78 is 1.71. The quantitative estimate of drug-likeness (QED) is 0.113. The molecule has 46 heavy (non-hydrogen) atoms. The Morgan fingerprint density at radius 2 is 1.80 bits per heavy atom. The highest BCUT2D eigenvalue weighted by Crippen LogP contribution is 2.26. The minimum Gasteiger partial charge on any atom is -0.508 e. The maximum atomic E-state index is 14.3.